The molecule has 0 saturated heterocycles. The minimum Gasteiger partial charge on any atom is -0.454 e. The fraction of sp³-hybridized carbons (Fsp3) is 0.290. The quantitative estimate of drug-likeness (QED) is 0.356. The normalized spacial score (nSPS) is 12.1. The van der Waals surface area contributed by atoms with Gasteiger partial charge in [-0.05, 0) is 49.9 Å². The zero-order chi connectivity index (χ0) is 28.4. The molecule has 0 radical (unpaired) electrons. The minimum absolute atomic E-state index is 0.0482. The van der Waals surface area contributed by atoms with Crippen LogP contribution in [-0.4, -0.2) is 42.4 Å². The maximum absolute atomic E-state index is 13.1. The van der Waals surface area contributed by atoms with Crippen molar-refractivity contribution in [3.63, 3.8) is 0 Å². The Kier molecular flexibility index (Phi) is 10.4. The van der Waals surface area contributed by atoms with E-state index in [2.05, 4.69) is 10.6 Å². The molecule has 0 heterocycles. The molecule has 2 N–H and O–H groups in total. The van der Waals surface area contributed by atoms with Gasteiger partial charge in [0, 0.05) is 6.42 Å². The van der Waals surface area contributed by atoms with Gasteiger partial charge in [0.2, 0.25) is 5.91 Å². The highest BCUT2D eigenvalue weighted by atomic mass is 16.5. The summed E-state index contributed by atoms with van der Waals surface area (Å²) < 4.78 is 10.5. The minimum atomic E-state index is -0.994. The number of hydrogen-bond acceptors (Lipinski definition) is 6. The second-order valence-corrected chi connectivity index (χ2v) is 9.49. The van der Waals surface area contributed by atoms with Crippen molar-refractivity contribution in [1.29, 1.82) is 0 Å². The molecule has 3 rings (SSSR count). The highest BCUT2D eigenvalue weighted by molar-refractivity contribution is 5.96. The Morgan fingerprint density at radius 1 is 0.769 bits per heavy atom. The van der Waals surface area contributed by atoms with Crippen molar-refractivity contribution >= 4 is 23.8 Å². The first-order valence-corrected chi connectivity index (χ1v) is 12.7. The van der Waals surface area contributed by atoms with Gasteiger partial charge >= 0.3 is 12.1 Å². The van der Waals surface area contributed by atoms with Gasteiger partial charge in [-0.1, -0.05) is 78.4 Å². The molecule has 3 aromatic rings. The van der Waals surface area contributed by atoms with E-state index in [1.165, 1.54) is 6.92 Å². The predicted molar refractivity (Wildman–Crippen MR) is 147 cm³/mol. The van der Waals surface area contributed by atoms with Crippen LogP contribution in [0.15, 0.2) is 72.8 Å². The van der Waals surface area contributed by atoms with Crippen molar-refractivity contribution in [1.82, 2.24) is 10.6 Å². The molecule has 0 spiro atoms. The lowest BCUT2D eigenvalue weighted by Gasteiger charge is -2.21. The van der Waals surface area contributed by atoms with E-state index < -0.39 is 42.4 Å². The summed E-state index contributed by atoms with van der Waals surface area (Å²) in [4.78, 5) is 50.9. The van der Waals surface area contributed by atoms with Gasteiger partial charge in [0.1, 0.15) is 12.6 Å². The van der Waals surface area contributed by atoms with Gasteiger partial charge in [-0.15, -0.1) is 0 Å². The maximum atomic E-state index is 13.1. The van der Waals surface area contributed by atoms with Crippen molar-refractivity contribution in [2.45, 2.75) is 52.8 Å². The summed E-state index contributed by atoms with van der Waals surface area (Å²) in [6.07, 6.45) is -0.568. The molecular weight excluding hydrogens is 496 g/mol. The molecule has 0 fully saturated rings. The van der Waals surface area contributed by atoms with Crippen molar-refractivity contribution < 1.29 is 28.7 Å². The number of nitrogens with one attached hydrogen (secondary N) is 2. The Labute approximate surface area is 228 Å². The molecule has 3 aromatic carbocycles. The number of ketones is 1. The van der Waals surface area contributed by atoms with E-state index in [0.717, 1.165) is 27.8 Å². The number of Topliss-reactive ketones (excluding diaryl/α,β-unsaturated/α-hetero) is 1. The van der Waals surface area contributed by atoms with Crippen LogP contribution in [0.25, 0.3) is 0 Å². The summed E-state index contributed by atoms with van der Waals surface area (Å²) in [6, 6.07) is 20.1. The molecule has 0 unspecified atom stereocenters. The molecule has 8 nitrogen and oxygen atoms in total. The number of rotatable bonds is 11. The third-order valence-electron chi connectivity index (χ3n) is 6.17. The highest BCUT2D eigenvalue weighted by Crippen LogP contribution is 2.17. The fourth-order valence-corrected chi connectivity index (χ4v) is 4.20. The molecule has 0 aliphatic rings. The van der Waals surface area contributed by atoms with E-state index in [4.69, 9.17) is 9.47 Å². The van der Waals surface area contributed by atoms with Crippen molar-refractivity contribution in [2.24, 2.45) is 0 Å². The third kappa shape index (κ3) is 8.81. The summed E-state index contributed by atoms with van der Waals surface area (Å²) in [5.74, 6) is -1.64. The number of carbonyl (C=O) groups excluding carboxylic acids is 4. The molecule has 0 aliphatic heterocycles. The summed E-state index contributed by atoms with van der Waals surface area (Å²) in [6.45, 7) is 6.61. The van der Waals surface area contributed by atoms with E-state index in [0.29, 0.717) is 5.56 Å². The van der Waals surface area contributed by atoms with Crippen LogP contribution in [0.3, 0.4) is 0 Å². The zero-order valence-corrected chi connectivity index (χ0v) is 22.7. The van der Waals surface area contributed by atoms with Crippen LogP contribution in [-0.2, 0) is 32.1 Å². The molecule has 2 atom stereocenters. The average Bonchev–Trinajstić information content (AvgIpc) is 2.90. The summed E-state index contributed by atoms with van der Waals surface area (Å²) in [5.41, 5.74) is 4.60. The lowest BCUT2D eigenvalue weighted by molar-refractivity contribution is -0.130. The number of hydrogen-bond donors (Lipinski definition) is 2. The molecule has 204 valence electrons. The topological polar surface area (TPSA) is 111 Å². The third-order valence-corrected chi connectivity index (χ3v) is 6.17. The van der Waals surface area contributed by atoms with Gasteiger partial charge in [0.15, 0.2) is 12.4 Å². The summed E-state index contributed by atoms with van der Waals surface area (Å²) in [7, 11) is 0. The molecule has 39 heavy (non-hydrogen) atoms. The van der Waals surface area contributed by atoms with Crippen LogP contribution in [0.5, 0.6) is 0 Å². The lowest BCUT2D eigenvalue weighted by Crippen LogP contribution is -2.52. The highest BCUT2D eigenvalue weighted by Gasteiger charge is 2.26. The van der Waals surface area contributed by atoms with E-state index in [-0.39, 0.29) is 13.0 Å². The van der Waals surface area contributed by atoms with E-state index >= 15 is 0 Å². The van der Waals surface area contributed by atoms with E-state index in [9.17, 15) is 19.2 Å². The smallest absolute Gasteiger partial charge is 0.408 e. The van der Waals surface area contributed by atoms with Gasteiger partial charge in [-0.25, -0.2) is 9.59 Å². The molecule has 0 bridgehead atoms. The molecule has 2 amide bonds. The molecule has 8 heteroatoms. The lowest BCUT2D eigenvalue weighted by atomic mass is 10.00. The first kappa shape index (κ1) is 29.1. The summed E-state index contributed by atoms with van der Waals surface area (Å²) in [5, 5.41) is 5.22. The van der Waals surface area contributed by atoms with E-state index in [1.807, 2.05) is 93.6 Å². The first-order chi connectivity index (χ1) is 18.6. The maximum Gasteiger partial charge on any atom is 0.408 e. The second kappa shape index (κ2) is 13.9. The number of amides is 2. The molecule has 0 aromatic heterocycles. The number of alkyl carbamates (subject to hydrolysis) is 1. The monoisotopic (exact) mass is 530 g/mol. The summed E-state index contributed by atoms with van der Waals surface area (Å²) >= 11 is 0. The Hall–Kier alpha value is -4.46. The fourth-order valence-electron chi connectivity index (χ4n) is 4.20. The Morgan fingerprint density at radius 2 is 1.33 bits per heavy atom. The van der Waals surface area contributed by atoms with Crippen molar-refractivity contribution in [3.8, 4) is 0 Å². The molecular formula is C31H34N2O6. The van der Waals surface area contributed by atoms with Crippen LogP contribution in [0, 0.1) is 20.8 Å². The number of aryl methyl sites for hydroxylation is 3. The second-order valence-electron chi connectivity index (χ2n) is 9.49. The SMILES string of the molecule is Cc1cc(C)c(C(=O)OCC(=O)[C@@H](C)NC(=O)[C@H](Cc2ccccc2)NC(=O)OCc2ccccc2)c(C)c1. The Bertz CT molecular complexity index is 1280. The average molecular weight is 531 g/mol. The van der Waals surface area contributed by atoms with E-state index in [1.54, 1.807) is 0 Å². The van der Waals surface area contributed by atoms with Crippen molar-refractivity contribution in [2.75, 3.05) is 6.61 Å². The van der Waals surface area contributed by atoms with Gasteiger partial charge in [0.25, 0.3) is 0 Å². The van der Waals surface area contributed by atoms with Gasteiger partial charge < -0.3 is 20.1 Å². The van der Waals surface area contributed by atoms with Gasteiger partial charge in [-0.2, -0.15) is 0 Å². The Morgan fingerprint density at radius 3 is 1.92 bits per heavy atom. The number of carbonyl (C=O) groups is 4. The van der Waals surface area contributed by atoms with Crippen LogP contribution in [0.2, 0.25) is 0 Å². The van der Waals surface area contributed by atoms with Gasteiger partial charge in [0.05, 0.1) is 11.6 Å². The van der Waals surface area contributed by atoms with Crippen LogP contribution < -0.4 is 10.6 Å². The van der Waals surface area contributed by atoms with Crippen LogP contribution in [0.4, 0.5) is 4.79 Å². The Balaban J connectivity index is 1.59. The van der Waals surface area contributed by atoms with Gasteiger partial charge in [-0.3, -0.25) is 9.59 Å². The standard InChI is InChI=1S/C31H34N2O6/c1-20-15-21(2)28(22(3)16-20)30(36)38-19-27(34)23(4)32-29(35)26(17-24-11-7-5-8-12-24)33-31(37)39-18-25-13-9-6-10-14-25/h5-16,23,26H,17-19H2,1-4H3,(H,32,35)(H,33,37)/t23-,26+/m1/s1. The number of benzene rings is 3. The van der Waals surface area contributed by atoms with Crippen LogP contribution >= 0.6 is 0 Å². The predicted octanol–water partition coefficient (Wildman–Crippen LogP) is 4.38. The van der Waals surface area contributed by atoms with Crippen molar-refractivity contribution in [3.05, 3.63) is 106 Å². The number of ether oxygens (including phenoxy) is 2. The van der Waals surface area contributed by atoms with Crippen LogP contribution in [0.1, 0.15) is 45.1 Å². The molecule has 0 aliphatic carbocycles. The zero-order valence-electron chi connectivity index (χ0n) is 22.7. The molecule has 0 saturated carbocycles. The largest absolute Gasteiger partial charge is 0.454 e. The number of esters is 1. The first-order valence-electron chi connectivity index (χ1n) is 12.7.